The Balaban J connectivity index is 2.36. The molecule has 0 bridgehead atoms. The minimum absolute atomic E-state index is 0.270. The minimum atomic E-state index is -4.54. The molecule has 20 heavy (non-hydrogen) atoms. The van der Waals surface area contributed by atoms with E-state index >= 15 is 0 Å². The Kier molecular flexibility index (Phi) is 4.29. The smallest absolute Gasteiger partial charge is 0.404 e. The first-order valence-electron chi connectivity index (χ1n) is 6.25. The second-order valence-electron chi connectivity index (χ2n) is 4.74. The first kappa shape index (κ1) is 14.8. The molecule has 2 aromatic carbocycles. The number of benzene rings is 2. The van der Waals surface area contributed by atoms with Gasteiger partial charge in [-0.15, -0.1) is 0 Å². The third-order valence-electron chi connectivity index (χ3n) is 3.16. The molecule has 0 spiro atoms. The van der Waals surface area contributed by atoms with Crippen LogP contribution in [0.1, 0.15) is 22.3 Å². The first-order chi connectivity index (χ1) is 9.37. The van der Waals surface area contributed by atoms with Crippen LogP contribution in [0, 0.1) is 13.8 Å². The van der Waals surface area contributed by atoms with Crippen molar-refractivity contribution in [2.24, 2.45) is 0 Å². The van der Waals surface area contributed by atoms with Gasteiger partial charge in [0.1, 0.15) is 5.75 Å². The number of aryl methyl sites for hydroxylation is 1. The normalized spacial score (nSPS) is 11.4. The minimum Gasteiger partial charge on any atom is -0.404 e. The van der Waals surface area contributed by atoms with Crippen LogP contribution < -0.4 is 4.52 Å². The summed E-state index contributed by atoms with van der Waals surface area (Å²) < 4.78 is 15.9. The first-order valence-corrected chi connectivity index (χ1v) is 7.78. The highest BCUT2D eigenvalue weighted by atomic mass is 31.2. The van der Waals surface area contributed by atoms with Crippen molar-refractivity contribution < 1.29 is 18.9 Å². The summed E-state index contributed by atoms with van der Waals surface area (Å²) in [4.78, 5) is 18.0. The van der Waals surface area contributed by atoms with Crippen LogP contribution in [0.3, 0.4) is 0 Å². The highest BCUT2D eigenvalue weighted by molar-refractivity contribution is 7.46. The number of hydrogen-bond donors (Lipinski definition) is 2. The quantitative estimate of drug-likeness (QED) is 0.848. The molecule has 106 valence electrons. The van der Waals surface area contributed by atoms with Crippen LogP contribution in [-0.2, 0) is 11.0 Å². The molecule has 2 rings (SSSR count). The van der Waals surface area contributed by atoms with Crippen molar-refractivity contribution >= 4 is 7.82 Å². The van der Waals surface area contributed by atoms with Gasteiger partial charge in [0.15, 0.2) is 0 Å². The molecule has 0 unspecified atom stereocenters. The average Bonchev–Trinajstić information content (AvgIpc) is 2.38. The van der Waals surface area contributed by atoms with Crippen molar-refractivity contribution in [3.8, 4) is 5.75 Å². The molecular formula is C15H17O4P. The van der Waals surface area contributed by atoms with Crippen molar-refractivity contribution in [3.05, 3.63) is 64.7 Å². The summed E-state index contributed by atoms with van der Waals surface area (Å²) >= 11 is 0. The Hall–Kier alpha value is -1.61. The summed E-state index contributed by atoms with van der Waals surface area (Å²) in [6.45, 7) is 3.58. The third kappa shape index (κ3) is 3.70. The van der Waals surface area contributed by atoms with Gasteiger partial charge in [-0.3, -0.25) is 9.79 Å². The maximum atomic E-state index is 11.0. The monoisotopic (exact) mass is 292 g/mol. The predicted octanol–water partition coefficient (Wildman–Crippen LogP) is 3.37. The fourth-order valence-corrected chi connectivity index (χ4v) is 2.65. The predicted molar refractivity (Wildman–Crippen MR) is 77.8 cm³/mol. The molecule has 2 aromatic rings. The molecule has 0 radical (unpaired) electrons. The second-order valence-corrected chi connectivity index (χ2v) is 5.90. The van der Waals surface area contributed by atoms with Gasteiger partial charge in [-0.05, 0) is 42.5 Å². The van der Waals surface area contributed by atoms with E-state index in [4.69, 9.17) is 14.3 Å². The molecule has 4 nitrogen and oxygen atoms in total. The molecule has 0 saturated carbocycles. The van der Waals surface area contributed by atoms with Crippen molar-refractivity contribution in [1.29, 1.82) is 0 Å². The standard InChI is InChI=1S/C15H17O4P/c1-11-8-9-14(10-13-6-4-3-5-7-13)12(2)15(11)19-20(16,17)18/h3-9H,10H2,1-2H3,(H2,16,17,18). The van der Waals surface area contributed by atoms with E-state index in [1.807, 2.05) is 49.4 Å². The maximum absolute atomic E-state index is 11.0. The Morgan fingerprint density at radius 2 is 1.70 bits per heavy atom. The summed E-state index contributed by atoms with van der Waals surface area (Å²) in [6, 6.07) is 13.7. The van der Waals surface area contributed by atoms with Gasteiger partial charge < -0.3 is 4.52 Å². The van der Waals surface area contributed by atoms with E-state index in [2.05, 4.69) is 0 Å². The molecule has 0 atom stereocenters. The molecule has 0 aliphatic heterocycles. The van der Waals surface area contributed by atoms with Crippen LogP contribution >= 0.6 is 7.82 Å². The van der Waals surface area contributed by atoms with Crippen LogP contribution in [0.25, 0.3) is 0 Å². The van der Waals surface area contributed by atoms with Crippen molar-refractivity contribution in [2.75, 3.05) is 0 Å². The molecule has 0 heterocycles. The molecule has 0 aliphatic rings. The molecular weight excluding hydrogens is 275 g/mol. The lowest BCUT2D eigenvalue weighted by Crippen LogP contribution is -1.99. The fraction of sp³-hybridized carbons (Fsp3) is 0.200. The summed E-state index contributed by atoms with van der Waals surface area (Å²) in [5.41, 5.74) is 3.60. The highest BCUT2D eigenvalue weighted by Crippen LogP contribution is 2.41. The molecule has 5 heteroatoms. The van der Waals surface area contributed by atoms with Gasteiger partial charge in [-0.2, -0.15) is 0 Å². The zero-order valence-corrected chi connectivity index (χ0v) is 12.3. The van der Waals surface area contributed by atoms with Crippen LogP contribution in [0.5, 0.6) is 5.75 Å². The Morgan fingerprint density at radius 3 is 2.30 bits per heavy atom. The number of phosphoric acid groups is 1. The van der Waals surface area contributed by atoms with Crippen LogP contribution in [0.4, 0.5) is 0 Å². The Labute approximate surface area is 118 Å². The zero-order chi connectivity index (χ0) is 14.8. The Bertz CT molecular complexity index is 646. The number of phosphoric ester groups is 1. The SMILES string of the molecule is Cc1ccc(Cc2ccccc2)c(C)c1OP(=O)(O)O. The van der Waals surface area contributed by atoms with Crippen molar-refractivity contribution in [2.45, 2.75) is 20.3 Å². The maximum Gasteiger partial charge on any atom is 0.524 e. The van der Waals surface area contributed by atoms with Gasteiger partial charge in [0.2, 0.25) is 0 Å². The number of rotatable bonds is 4. The molecule has 0 amide bonds. The van der Waals surface area contributed by atoms with E-state index in [1.54, 1.807) is 6.92 Å². The lowest BCUT2D eigenvalue weighted by Gasteiger charge is -2.15. The molecule has 0 aliphatic carbocycles. The van der Waals surface area contributed by atoms with E-state index < -0.39 is 7.82 Å². The molecule has 0 fully saturated rings. The average molecular weight is 292 g/mol. The van der Waals surface area contributed by atoms with Gasteiger partial charge in [0, 0.05) is 0 Å². The van der Waals surface area contributed by atoms with E-state index in [-0.39, 0.29) is 5.75 Å². The van der Waals surface area contributed by atoms with Crippen LogP contribution in [0.2, 0.25) is 0 Å². The van der Waals surface area contributed by atoms with E-state index in [9.17, 15) is 4.57 Å². The second kappa shape index (κ2) is 5.80. The van der Waals surface area contributed by atoms with E-state index in [1.165, 1.54) is 0 Å². The van der Waals surface area contributed by atoms with Gasteiger partial charge in [-0.1, -0.05) is 42.5 Å². The van der Waals surface area contributed by atoms with E-state index in [0.29, 0.717) is 12.0 Å². The third-order valence-corrected chi connectivity index (χ3v) is 3.58. The Morgan fingerprint density at radius 1 is 1.05 bits per heavy atom. The van der Waals surface area contributed by atoms with Gasteiger partial charge in [-0.25, -0.2) is 4.57 Å². The molecule has 2 N–H and O–H groups in total. The highest BCUT2D eigenvalue weighted by Gasteiger charge is 2.20. The van der Waals surface area contributed by atoms with Gasteiger partial charge in [0.25, 0.3) is 0 Å². The van der Waals surface area contributed by atoms with E-state index in [0.717, 1.165) is 16.7 Å². The van der Waals surface area contributed by atoms with Gasteiger partial charge in [0.05, 0.1) is 0 Å². The summed E-state index contributed by atoms with van der Waals surface area (Å²) in [5, 5.41) is 0. The largest absolute Gasteiger partial charge is 0.524 e. The van der Waals surface area contributed by atoms with Crippen LogP contribution in [-0.4, -0.2) is 9.79 Å². The summed E-state index contributed by atoms with van der Waals surface area (Å²) in [7, 11) is -4.54. The number of hydrogen-bond acceptors (Lipinski definition) is 2. The van der Waals surface area contributed by atoms with Gasteiger partial charge >= 0.3 is 7.82 Å². The fourth-order valence-electron chi connectivity index (χ4n) is 2.13. The lowest BCUT2D eigenvalue weighted by atomic mass is 9.98. The summed E-state index contributed by atoms with van der Waals surface area (Å²) in [6.07, 6.45) is 0.699. The molecule has 0 saturated heterocycles. The van der Waals surface area contributed by atoms with Crippen molar-refractivity contribution in [1.82, 2.24) is 0 Å². The zero-order valence-electron chi connectivity index (χ0n) is 11.4. The lowest BCUT2D eigenvalue weighted by molar-refractivity contribution is 0.282. The van der Waals surface area contributed by atoms with Crippen LogP contribution in [0.15, 0.2) is 42.5 Å². The summed E-state index contributed by atoms with van der Waals surface area (Å²) in [5.74, 6) is 0.270. The topological polar surface area (TPSA) is 66.8 Å². The molecule has 0 aromatic heterocycles. The van der Waals surface area contributed by atoms with Crippen molar-refractivity contribution in [3.63, 3.8) is 0 Å².